The Hall–Kier alpha value is -1.72. The quantitative estimate of drug-likeness (QED) is 0.748. The van der Waals surface area contributed by atoms with Crippen LogP contribution in [0.5, 0.6) is 0 Å². The molecule has 0 bridgehead atoms. The molecule has 2 atom stereocenters. The zero-order valence-electron chi connectivity index (χ0n) is 15.2. The third-order valence-corrected chi connectivity index (χ3v) is 6.23. The molecule has 3 rings (SSSR count). The first-order chi connectivity index (χ1) is 12.1. The Morgan fingerprint density at radius 3 is 2.96 bits per heavy atom. The average molecular weight is 359 g/mol. The molecule has 1 aliphatic rings. The van der Waals surface area contributed by atoms with E-state index in [-0.39, 0.29) is 11.9 Å². The van der Waals surface area contributed by atoms with Gasteiger partial charge in [-0.15, -0.1) is 11.3 Å². The summed E-state index contributed by atoms with van der Waals surface area (Å²) in [5.41, 5.74) is 2.56. The summed E-state index contributed by atoms with van der Waals surface area (Å²) in [6.45, 7) is 3.39. The van der Waals surface area contributed by atoms with Crippen LogP contribution in [0, 0.1) is 0 Å². The fourth-order valence-electron chi connectivity index (χ4n) is 3.25. The van der Waals surface area contributed by atoms with E-state index >= 15 is 0 Å². The molecule has 0 saturated carbocycles. The number of carbonyl (C=O) groups is 1. The maximum Gasteiger partial charge on any atom is 0.275 e. The van der Waals surface area contributed by atoms with Crippen molar-refractivity contribution in [3.63, 3.8) is 0 Å². The minimum atomic E-state index is 0.127. The SMILES string of the molecule is C[C@H](c1nc2ccccc2s1)[NH+](C)CC(=O)NCCC1=CCCCC1. The number of carbonyl (C=O) groups excluding carboxylic acids is 1. The summed E-state index contributed by atoms with van der Waals surface area (Å²) in [7, 11) is 2.07. The molecule has 5 heteroatoms. The number of fused-ring (bicyclic) bond motifs is 1. The number of allylic oxidation sites excluding steroid dienone is 1. The normalized spacial score (nSPS) is 17.1. The minimum absolute atomic E-state index is 0.127. The third-order valence-electron chi connectivity index (χ3n) is 5.01. The van der Waals surface area contributed by atoms with Gasteiger partial charge in [0, 0.05) is 6.54 Å². The van der Waals surface area contributed by atoms with Crippen LogP contribution in [0.25, 0.3) is 10.2 Å². The zero-order chi connectivity index (χ0) is 17.6. The topological polar surface area (TPSA) is 46.4 Å². The van der Waals surface area contributed by atoms with E-state index in [4.69, 9.17) is 4.98 Å². The molecule has 1 aliphatic carbocycles. The molecule has 0 radical (unpaired) electrons. The maximum absolute atomic E-state index is 12.2. The predicted molar refractivity (Wildman–Crippen MR) is 104 cm³/mol. The van der Waals surface area contributed by atoms with Crippen molar-refractivity contribution in [2.24, 2.45) is 0 Å². The number of thiazole rings is 1. The number of likely N-dealkylation sites (N-methyl/N-ethyl adjacent to an activating group) is 1. The fourth-order valence-corrected chi connectivity index (χ4v) is 4.36. The van der Waals surface area contributed by atoms with Crippen LogP contribution in [0.15, 0.2) is 35.9 Å². The number of hydrogen-bond donors (Lipinski definition) is 2. The summed E-state index contributed by atoms with van der Waals surface area (Å²) in [6, 6.07) is 8.42. The van der Waals surface area contributed by atoms with Crippen LogP contribution in [0.3, 0.4) is 0 Å². The van der Waals surface area contributed by atoms with Crippen LogP contribution < -0.4 is 10.2 Å². The van der Waals surface area contributed by atoms with E-state index in [0.29, 0.717) is 6.54 Å². The van der Waals surface area contributed by atoms with Crippen LogP contribution in [-0.4, -0.2) is 31.0 Å². The lowest BCUT2D eigenvalue weighted by Gasteiger charge is -2.19. The molecule has 0 spiro atoms. The van der Waals surface area contributed by atoms with Crippen LogP contribution >= 0.6 is 11.3 Å². The Morgan fingerprint density at radius 2 is 2.20 bits per heavy atom. The van der Waals surface area contributed by atoms with E-state index in [0.717, 1.165) is 23.5 Å². The highest BCUT2D eigenvalue weighted by Crippen LogP contribution is 2.24. The van der Waals surface area contributed by atoms with Crippen molar-refractivity contribution in [3.05, 3.63) is 40.9 Å². The van der Waals surface area contributed by atoms with Gasteiger partial charge in [-0.25, -0.2) is 4.98 Å². The molecule has 0 saturated heterocycles. The van der Waals surface area contributed by atoms with Gasteiger partial charge in [-0.05, 0) is 51.2 Å². The number of rotatable bonds is 7. The lowest BCUT2D eigenvalue weighted by atomic mass is 9.97. The molecule has 1 aromatic heterocycles. The molecule has 134 valence electrons. The van der Waals surface area contributed by atoms with Crippen molar-refractivity contribution in [1.82, 2.24) is 10.3 Å². The first-order valence-electron chi connectivity index (χ1n) is 9.26. The highest BCUT2D eigenvalue weighted by Gasteiger charge is 2.21. The number of amides is 1. The second kappa shape index (κ2) is 8.59. The number of nitrogens with zero attached hydrogens (tertiary/aromatic N) is 1. The average Bonchev–Trinajstić information content (AvgIpc) is 3.06. The molecule has 2 N–H and O–H groups in total. The van der Waals surface area contributed by atoms with E-state index in [9.17, 15) is 4.79 Å². The molecule has 1 aromatic carbocycles. The predicted octanol–water partition coefficient (Wildman–Crippen LogP) is 2.88. The van der Waals surface area contributed by atoms with Crippen LogP contribution in [0.4, 0.5) is 0 Å². The van der Waals surface area contributed by atoms with Gasteiger partial charge in [0.25, 0.3) is 5.91 Å². The number of quaternary nitrogens is 1. The monoisotopic (exact) mass is 358 g/mol. The Bertz CT molecular complexity index is 719. The Balaban J connectivity index is 1.47. The molecule has 1 unspecified atom stereocenters. The third kappa shape index (κ3) is 4.89. The Labute approximate surface area is 153 Å². The van der Waals surface area contributed by atoms with Gasteiger partial charge in [-0.2, -0.15) is 0 Å². The lowest BCUT2D eigenvalue weighted by molar-refractivity contribution is -0.902. The van der Waals surface area contributed by atoms with E-state index in [1.807, 2.05) is 18.2 Å². The number of aromatic nitrogens is 1. The molecule has 1 amide bonds. The number of benzene rings is 1. The van der Waals surface area contributed by atoms with Crippen LogP contribution in [0.1, 0.15) is 50.1 Å². The van der Waals surface area contributed by atoms with Crippen molar-refractivity contribution in [3.8, 4) is 0 Å². The summed E-state index contributed by atoms with van der Waals surface area (Å²) in [6.07, 6.45) is 8.37. The van der Waals surface area contributed by atoms with Gasteiger partial charge < -0.3 is 10.2 Å². The second-order valence-corrected chi connectivity index (χ2v) is 8.03. The zero-order valence-corrected chi connectivity index (χ0v) is 16.0. The number of hydrogen-bond acceptors (Lipinski definition) is 3. The first kappa shape index (κ1) is 18.1. The van der Waals surface area contributed by atoms with E-state index < -0.39 is 0 Å². The fraction of sp³-hybridized carbons (Fsp3) is 0.500. The smallest absolute Gasteiger partial charge is 0.275 e. The maximum atomic E-state index is 12.2. The highest BCUT2D eigenvalue weighted by atomic mass is 32.1. The van der Waals surface area contributed by atoms with Gasteiger partial charge >= 0.3 is 0 Å². The van der Waals surface area contributed by atoms with Gasteiger partial charge in [0.1, 0.15) is 6.04 Å². The summed E-state index contributed by atoms with van der Waals surface area (Å²) in [5, 5.41) is 4.17. The largest absolute Gasteiger partial charge is 0.351 e. The lowest BCUT2D eigenvalue weighted by Crippen LogP contribution is -3.10. The summed E-state index contributed by atoms with van der Waals surface area (Å²) in [4.78, 5) is 18.1. The molecule has 0 aliphatic heterocycles. The number of para-hydroxylation sites is 1. The molecule has 0 fully saturated rings. The van der Waals surface area contributed by atoms with Crippen molar-refractivity contribution >= 4 is 27.5 Å². The highest BCUT2D eigenvalue weighted by molar-refractivity contribution is 7.18. The van der Waals surface area contributed by atoms with Crippen LogP contribution in [0.2, 0.25) is 0 Å². The van der Waals surface area contributed by atoms with E-state index in [1.165, 1.54) is 40.9 Å². The number of nitrogens with one attached hydrogen (secondary N) is 2. The van der Waals surface area contributed by atoms with Crippen LogP contribution in [-0.2, 0) is 4.79 Å². The van der Waals surface area contributed by atoms with Crippen molar-refractivity contribution in [1.29, 1.82) is 0 Å². The van der Waals surface area contributed by atoms with Crippen molar-refractivity contribution in [2.75, 3.05) is 20.1 Å². The van der Waals surface area contributed by atoms with Crippen molar-refractivity contribution < 1.29 is 9.69 Å². The summed E-state index contributed by atoms with van der Waals surface area (Å²) in [5.74, 6) is 0.127. The minimum Gasteiger partial charge on any atom is -0.351 e. The Morgan fingerprint density at radius 1 is 1.36 bits per heavy atom. The molecule has 4 nitrogen and oxygen atoms in total. The summed E-state index contributed by atoms with van der Waals surface area (Å²) >= 11 is 1.73. The van der Waals surface area contributed by atoms with Gasteiger partial charge in [0.2, 0.25) is 0 Å². The molecule has 2 aromatic rings. The molecule has 25 heavy (non-hydrogen) atoms. The van der Waals surface area contributed by atoms with Gasteiger partial charge in [-0.3, -0.25) is 4.79 Å². The van der Waals surface area contributed by atoms with Gasteiger partial charge in [-0.1, -0.05) is 23.8 Å². The summed E-state index contributed by atoms with van der Waals surface area (Å²) < 4.78 is 1.21. The van der Waals surface area contributed by atoms with Gasteiger partial charge in [0.15, 0.2) is 11.6 Å². The van der Waals surface area contributed by atoms with Gasteiger partial charge in [0.05, 0.1) is 17.3 Å². The molecular formula is C20H28N3OS+. The Kier molecular flexibility index (Phi) is 6.21. The first-order valence-corrected chi connectivity index (χ1v) is 10.1. The molecular weight excluding hydrogens is 330 g/mol. The molecule has 1 heterocycles. The standard InChI is InChI=1S/C20H27N3OS/c1-15(20-22-17-10-6-7-11-18(17)25-20)23(2)14-19(24)21-13-12-16-8-4-3-5-9-16/h6-8,10-11,15H,3-5,9,12-14H2,1-2H3,(H,21,24)/p+1/t15-/m1/s1. The van der Waals surface area contributed by atoms with E-state index in [2.05, 4.69) is 31.4 Å². The van der Waals surface area contributed by atoms with E-state index in [1.54, 1.807) is 11.3 Å². The second-order valence-electron chi connectivity index (χ2n) is 6.97. The van der Waals surface area contributed by atoms with Crippen molar-refractivity contribution in [2.45, 2.75) is 45.1 Å².